The molecule has 78 valence electrons. The fourth-order valence-electron chi connectivity index (χ4n) is 2.07. The van der Waals surface area contributed by atoms with E-state index in [0.29, 0.717) is 12.0 Å². The zero-order chi connectivity index (χ0) is 11.0. The Hall–Kier alpha value is -1.64. The minimum absolute atomic E-state index is 0.102. The van der Waals surface area contributed by atoms with Gasteiger partial charge in [-0.15, -0.1) is 0 Å². The van der Waals surface area contributed by atoms with Crippen molar-refractivity contribution >= 4 is 11.8 Å². The highest BCUT2D eigenvalue weighted by Crippen LogP contribution is 2.29. The van der Waals surface area contributed by atoms with Gasteiger partial charge in [-0.25, -0.2) is 0 Å². The zero-order valence-corrected chi connectivity index (χ0v) is 8.74. The third kappa shape index (κ3) is 1.44. The van der Waals surface area contributed by atoms with Gasteiger partial charge in [0, 0.05) is 5.56 Å². The van der Waals surface area contributed by atoms with E-state index in [-0.39, 0.29) is 5.78 Å². The topological polar surface area (TPSA) is 43.4 Å². The first-order chi connectivity index (χ1) is 7.15. The molecule has 3 nitrogen and oxygen atoms in total. The summed E-state index contributed by atoms with van der Waals surface area (Å²) >= 11 is 0. The molecular formula is C12H12O3. The summed E-state index contributed by atoms with van der Waals surface area (Å²) < 4.78 is 4.62. The first-order valence-corrected chi connectivity index (χ1v) is 4.85. The molecule has 1 unspecified atom stereocenters. The molecule has 1 aliphatic rings. The predicted octanol–water partition coefficient (Wildman–Crippen LogP) is 1.52. The summed E-state index contributed by atoms with van der Waals surface area (Å²) in [7, 11) is 1.31. The minimum Gasteiger partial charge on any atom is -0.468 e. The number of esters is 1. The Morgan fingerprint density at radius 1 is 1.47 bits per heavy atom. The van der Waals surface area contributed by atoms with E-state index in [1.165, 1.54) is 7.11 Å². The van der Waals surface area contributed by atoms with Gasteiger partial charge in [-0.3, -0.25) is 9.59 Å². The van der Waals surface area contributed by atoms with Gasteiger partial charge in [0.25, 0.3) is 0 Å². The maximum atomic E-state index is 11.9. The summed E-state index contributed by atoms with van der Waals surface area (Å²) in [6.07, 6.45) is 0.475. The molecule has 0 saturated carbocycles. The average Bonchev–Trinajstić information content (AvgIpc) is 2.56. The van der Waals surface area contributed by atoms with E-state index in [0.717, 1.165) is 11.1 Å². The summed E-state index contributed by atoms with van der Waals surface area (Å²) in [6, 6.07) is 5.68. The van der Waals surface area contributed by atoms with Gasteiger partial charge in [0.1, 0.15) is 5.92 Å². The highest BCUT2D eigenvalue weighted by atomic mass is 16.5. The molecule has 0 saturated heterocycles. The van der Waals surface area contributed by atoms with Crippen LogP contribution < -0.4 is 0 Å². The summed E-state index contributed by atoms with van der Waals surface area (Å²) in [4.78, 5) is 23.3. The molecule has 0 fully saturated rings. The van der Waals surface area contributed by atoms with E-state index in [1.807, 2.05) is 25.1 Å². The van der Waals surface area contributed by atoms with Crippen molar-refractivity contribution in [2.45, 2.75) is 13.3 Å². The third-order valence-electron chi connectivity index (χ3n) is 2.83. The lowest BCUT2D eigenvalue weighted by Gasteiger charge is -2.04. The van der Waals surface area contributed by atoms with Crippen LogP contribution in [-0.2, 0) is 16.0 Å². The number of hydrogen-bond donors (Lipinski definition) is 0. The van der Waals surface area contributed by atoms with Gasteiger partial charge in [0.2, 0.25) is 0 Å². The van der Waals surface area contributed by atoms with E-state index < -0.39 is 11.9 Å². The second-order valence-electron chi connectivity index (χ2n) is 3.75. The van der Waals surface area contributed by atoms with E-state index in [4.69, 9.17) is 0 Å². The Kier molecular flexibility index (Phi) is 2.31. The van der Waals surface area contributed by atoms with Crippen molar-refractivity contribution in [3.8, 4) is 0 Å². The van der Waals surface area contributed by atoms with E-state index in [1.54, 1.807) is 0 Å². The largest absolute Gasteiger partial charge is 0.468 e. The Morgan fingerprint density at radius 3 is 2.80 bits per heavy atom. The average molecular weight is 204 g/mol. The second-order valence-corrected chi connectivity index (χ2v) is 3.75. The highest BCUT2D eigenvalue weighted by molar-refractivity contribution is 6.13. The molecule has 0 aromatic heterocycles. The Balaban J connectivity index is 2.42. The maximum absolute atomic E-state index is 11.9. The molecule has 0 bridgehead atoms. The van der Waals surface area contributed by atoms with Gasteiger partial charge < -0.3 is 4.74 Å². The molecule has 0 spiro atoms. The molecule has 1 atom stereocenters. The van der Waals surface area contributed by atoms with Crippen LogP contribution in [0, 0.1) is 12.8 Å². The number of benzene rings is 1. The molecule has 1 aromatic carbocycles. The highest BCUT2D eigenvalue weighted by Gasteiger charge is 2.37. The van der Waals surface area contributed by atoms with Crippen molar-refractivity contribution < 1.29 is 14.3 Å². The van der Waals surface area contributed by atoms with Gasteiger partial charge in [0.15, 0.2) is 5.78 Å². The van der Waals surface area contributed by atoms with Crippen molar-refractivity contribution in [3.63, 3.8) is 0 Å². The monoisotopic (exact) mass is 204 g/mol. The van der Waals surface area contributed by atoms with Crippen LogP contribution in [0.3, 0.4) is 0 Å². The summed E-state index contributed by atoms with van der Waals surface area (Å²) in [5, 5.41) is 0. The first-order valence-electron chi connectivity index (χ1n) is 4.85. The molecule has 0 heterocycles. The normalized spacial score (nSPS) is 18.8. The lowest BCUT2D eigenvalue weighted by atomic mass is 10.0. The van der Waals surface area contributed by atoms with Crippen molar-refractivity contribution in [3.05, 3.63) is 34.9 Å². The van der Waals surface area contributed by atoms with Gasteiger partial charge in [-0.05, 0) is 24.5 Å². The number of hydrogen-bond acceptors (Lipinski definition) is 3. The van der Waals surface area contributed by atoms with Gasteiger partial charge in [-0.1, -0.05) is 18.2 Å². The van der Waals surface area contributed by atoms with Gasteiger partial charge in [0.05, 0.1) is 7.11 Å². The van der Waals surface area contributed by atoms with Gasteiger partial charge in [-0.2, -0.15) is 0 Å². The smallest absolute Gasteiger partial charge is 0.316 e. The van der Waals surface area contributed by atoms with Crippen LogP contribution in [0.1, 0.15) is 21.5 Å². The third-order valence-corrected chi connectivity index (χ3v) is 2.83. The van der Waals surface area contributed by atoms with Crippen LogP contribution in [0.2, 0.25) is 0 Å². The molecule has 1 aliphatic carbocycles. The van der Waals surface area contributed by atoms with Crippen LogP contribution in [0.5, 0.6) is 0 Å². The van der Waals surface area contributed by atoms with Crippen molar-refractivity contribution in [1.82, 2.24) is 0 Å². The lowest BCUT2D eigenvalue weighted by Crippen LogP contribution is -2.22. The van der Waals surface area contributed by atoms with Crippen molar-refractivity contribution in [2.24, 2.45) is 5.92 Å². The van der Waals surface area contributed by atoms with Crippen LogP contribution >= 0.6 is 0 Å². The van der Waals surface area contributed by atoms with E-state index in [2.05, 4.69) is 4.74 Å². The fourth-order valence-corrected chi connectivity index (χ4v) is 2.07. The molecule has 0 aliphatic heterocycles. The molecule has 0 amide bonds. The molecule has 15 heavy (non-hydrogen) atoms. The van der Waals surface area contributed by atoms with Crippen LogP contribution in [0.15, 0.2) is 18.2 Å². The number of fused-ring (bicyclic) bond motifs is 1. The summed E-state index contributed by atoms with van der Waals surface area (Å²) in [5.74, 6) is -1.17. The SMILES string of the molecule is COC(=O)C1Cc2cccc(C)c2C1=O. The number of carbonyl (C=O) groups excluding carboxylic acids is 2. The molecule has 0 N–H and O–H groups in total. The molecular weight excluding hydrogens is 192 g/mol. The minimum atomic E-state index is -0.633. The standard InChI is InChI=1S/C12H12O3/c1-7-4-3-5-8-6-9(12(14)15-2)11(13)10(7)8/h3-5,9H,6H2,1-2H3. The number of rotatable bonds is 1. The van der Waals surface area contributed by atoms with Crippen LogP contribution in [-0.4, -0.2) is 18.9 Å². The predicted molar refractivity (Wildman–Crippen MR) is 54.7 cm³/mol. The van der Waals surface area contributed by atoms with Gasteiger partial charge >= 0.3 is 5.97 Å². The maximum Gasteiger partial charge on any atom is 0.316 e. The number of methoxy groups -OCH3 is 1. The fraction of sp³-hybridized carbons (Fsp3) is 0.333. The van der Waals surface area contributed by atoms with Crippen LogP contribution in [0.4, 0.5) is 0 Å². The molecule has 1 aromatic rings. The number of Topliss-reactive ketones (excluding diaryl/α,β-unsaturated/α-hetero) is 1. The van der Waals surface area contributed by atoms with E-state index >= 15 is 0 Å². The second kappa shape index (κ2) is 3.50. The number of ether oxygens (including phenoxy) is 1. The van der Waals surface area contributed by atoms with Crippen molar-refractivity contribution in [2.75, 3.05) is 7.11 Å². The molecule has 2 rings (SSSR count). The molecule has 0 radical (unpaired) electrons. The number of ketones is 1. The number of carbonyl (C=O) groups is 2. The van der Waals surface area contributed by atoms with Crippen LogP contribution in [0.25, 0.3) is 0 Å². The Labute approximate surface area is 88.1 Å². The quantitative estimate of drug-likeness (QED) is 0.514. The number of aryl methyl sites for hydroxylation is 1. The van der Waals surface area contributed by atoms with Crippen molar-refractivity contribution in [1.29, 1.82) is 0 Å². The Morgan fingerprint density at radius 2 is 2.20 bits per heavy atom. The summed E-state index contributed by atoms with van der Waals surface area (Å²) in [5.41, 5.74) is 2.59. The summed E-state index contributed by atoms with van der Waals surface area (Å²) in [6.45, 7) is 1.89. The zero-order valence-electron chi connectivity index (χ0n) is 8.74. The molecule has 3 heteroatoms. The lowest BCUT2D eigenvalue weighted by molar-refractivity contribution is -0.143. The van der Waals surface area contributed by atoms with E-state index in [9.17, 15) is 9.59 Å². The first kappa shape index (κ1) is 9.90. The Bertz CT molecular complexity index is 434.